The van der Waals surface area contributed by atoms with Gasteiger partial charge >= 0.3 is 0 Å². The van der Waals surface area contributed by atoms with E-state index >= 15 is 0 Å². The van der Waals surface area contributed by atoms with E-state index in [0.29, 0.717) is 10.6 Å². The average molecular weight is 474 g/mol. The summed E-state index contributed by atoms with van der Waals surface area (Å²) in [7, 11) is 0. The molecule has 0 fully saturated rings. The molecule has 1 N–H and O–H groups in total. The summed E-state index contributed by atoms with van der Waals surface area (Å²) >= 11 is 1.55. The molecule has 4 aromatic rings. The molecule has 1 aliphatic rings. The van der Waals surface area contributed by atoms with Crippen LogP contribution in [-0.4, -0.2) is 17.4 Å². The first-order chi connectivity index (χ1) is 15.7. The zero-order chi connectivity index (χ0) is 21.9. The number of nitrogens with one attached hydrogen (secondary N) is 1. The lowest BCUT2D eigenvalue weighted by atomic mass is 10.0. The van der Waals surface area contributed by atoms with Crippen LogP contribution in [0.3, 0.4) is 0 Å². The molecule has 1 amide bonds. The van der Waals surface area contributed by atoms with E-state index in [1.807, 2.05) is 36.4 Å². The van der Waals surface area contributed by atoms with E-state index in [9.17, 15) is 10.1 Å². The number of thiophene rings is 1. The quantitative estimate of drug-likeness (QED) is 0.390. The summed E-state index contributed by atoms with van der Waals surface area (Å²) in [5, 5.41) is 15.7. The Bertz CT molecular complexity index is 1320. The number of benzene rings is 3. The minimum absolute atomic E-state index is 0. The standard InChI is InChI=1S/C27H23N3OS.ClH/c28-16-24-23-13-14-30(17-19-7-2-1-3-8-19)18-25(23)32-27(24)29-26(31)15-21-11-6-10-20-9-4-5-12-22(20)21;/h1-12H,13-15,17-18H2,(H,29,31);1H. The van der Waals surface area contributed by atoms with Crippen LogP contribution in [0.5, 0.6) is 0 Å². The molecule has 0 saturated heterocycles. The molecular formula is C27H24ClN3OS. The molecule has 0 aliphatic carbocycles. The number of hydrogen-bond acceptors (Lipinski definition) is 4. The highest BCUT2D eigenvalue weighted by Crippen LogP contribution is 2.37. The maximum atomic E-state index is 12.9. The number of rotatable bonds is 5. The van der Waals surface area contributed by atoms with Crippen molar-refractivity contribution in [3.05, 3.63) is 99.9 Å². The SMILES string of the molecule is Cl.N#Cc1c(NC(=O)Cc2cccc3ccccc23)sc2c1CCN(Cc1ccccc1)C2. The van der Waals surface area contributed by atoms with Gasteiger partial charge in [-0.05, 0) is 33.9 Å². The van der Waals surface area contributed by atoms with Crippen LogP contribution in [-0.2, 0) is 30.7 Å². The van der Waals surface area contributed by atoms with E-state index < -0.39 is 0 Å². The maximum Gasteiger partial charge on any atom is 0.229 e. The number of fused-ring (bicyclic) bond motifs is 2. The molecule has 3 aromatic carbocycles. The van der Waals surface area contributed by atoms with Crippen molar-refractivity contribution in [2.45, 2.75) is 25.9 Å². The number of amides is 1. The topological polar surface area (TPSA) is 56.1 Å². The molecule has 1 aromatic heterocycles. The van der Waals surface area contributed by atoms with Crippen molar-refractivity contribution in [2.24, 2.45) is 0 Å². The van der Waals surface area contributed by atoms with Crippen molar-refractivity contribution in [1.29, 1.82) is 5.26 Å². The third-order valence-electron chi connectivity index (χ3n) is 5.98. The van der Waals surface area contributed by atoms with E-state index in [1.54, 1.807) is 11.3 Å². The van der Waals surface area contributed by atoms with Gasteiger partial charge in [0.05, 0.1) is 12.0 Å². The molecule has 0 atom stereocenters. The van der Waals surface area contributed by atoms with Crippen LogP contribution in [0.4, 0.5) is 5.00 Å². The number of halogens is 1. The highest BCUT2D eigenvalue weighted by Gasteiger charge is 2.25. The first kappa shape index (κ1) is 23.0. The molecule has 33 heavy (non-hydrogen) atoms. The van der Waals surface area contributed by atoms with Crippen molar-refractivity contribution in [1.82, 2.24) is 4.90 Å². The second kappa shape index (κ2) is 10.2. The molecule has 5 rings (SSSR count). The van der Waals surface area contributed by atoms with Crippen LogP contribution in [0.2, 0.25) is 0 Å². The van der Waals surface area contributed by atoms with E-state index in [2.05, 4.69) is 52.7 Å². The highest BCUT2D eigenvalue weighted by molar-refractivity contribution is 7.16. The number of nitriles is 1. The van der Waals surface area contributed by atoms with Crippen LogP contribution in [0, 0.1) is 11.3 Å². The van der Waals surface area contributed by atoms with Crippen molar-refractivity contribution >= 4 is 45.4 Å². The molecule has 0 spiro atoms. The molecule has 4 nitrogen and oxygen atoms in total. The summed E-state index contributed by atoms with van der Waals surface area (Å²) in [4.78, 5) is 16.5. The van der Waals surface area contributed by atoms with Crippen molar-refractivity contribution in [2.75, 3.05) is 11.9 Å². The minimum atomic E-state index is -0.0856. The number of hydrogen-bond donors (Lipinski definition) is 1. The Balaban J connectivity index is 0.00000259. The van der Waals surface area contributed by atoms with Crippen LogP contribution < -0.4 is 5.32 Å². The van der Waals surface area contributed by atoms with Gasteiger partial charge in [0.25, 0.3) is 0 Å². The average Bonchev–Trinajstić information content (AvgIpc) is 3.16. The number of carbonyl (C=O) groups excluding carboxylic acids is 1. The van der Waals surface area contributed by atoms with Crippen molar-refractivity contribution in [3.8, 4) is 6.07 Å². The minimum Gasteiger partial charge on any atom is -0.316 e. The molecular weight excluding hydrogens is 450 g/mol. The molecule has 2 heterocycles. The Labute approximate surface area is 203 Å². The number of anilines is 1. The van der Waals surface area contributed by atoms with E-state index in [0.717, 1.165) is 48.0 Å². The second-order valence-corrected chi connectivity index (χ2v) is 9.23. The van der Waals surface area contributed by atoms with Gasteiger partial charge in [0.1, 0.15) is 11.1 Å². The van der Waals surface area contributed by atoms with Crippen LogP contribution in [0.15, 0.2) is 72.8 Å². The summed E-state index contributed by atoms with van der Waals surface area (Å²) in [6, 6.07) is 26.9. The third kappa shape index (κ3) is 4.94. The summed E-state index contributed by atoms with van der Waals surface area (Å²) in [6.45, 7) is 2.61. The lowest BCUT2D eigenvalue weighted by Crippen LogP contribution is -2.29. The fraction of sp³-hybridized carbons (Fsp3) is 0.185. The van der Waals surface area contributed by atoms with Crippen molar-refractivity contribution in [3.63, 3.8) is 0 Å². The van der Waals surface area contributed by atoms with E-state index in [-0.39, 0.29) is 24.7 Å². The molecule has 1 aliphatic heterocycles. The summed E-state index contributed by atoms with van der Waals surface area (Å²) in [5.74, 6) is -0.0856. The third-order valence-corrected chi connectivity index (χ3v) is 7.11. The van der Waals surface area contributed by atoms with Crippen LogP contribution in [0.1, 0.15) is 27.1 Å². The zero-order valence-electron chi connectivity index (χ0n) is 18.1. The fourth-order valence-electron chi connectivity index (χ4n) is 4.43. The Morgan fingerprint density at radius 2 is 1.79 bits per heavy atom. The zero-order valence-corrected chi connectivity index (χ0v) is 19.7. The Hall–Kier alpha value is -3.17. The second-order valence-electron chi connectivity index (χ2n) is 8.13. The van der Waals surface area contributed by atoms with Gasteiger partial charge in [-0.1, -0.05) is 72.8 Å². The molecule has 6 heteroatoms. The van der Waals surface area contributed by atoms with Crippen LogP contribution >= 0.6 is 23.7 Å². The van der Waals surface area contributed by atoms with E-state index in [1.165, 1.54) is 10.4 Å². The van der Waals surface area contributed by atoms with E-state index in [4.69, 9.17) is 0 Å². The van der Waals surface area contributed by atoms with Gasteiger partial charge in [0.15, 0.2) is 0 Å². The van der Waals surface area contributed by atoms with Gasteiger partial charge < -0.3 is 5.32 Å². The van der Waals surface area contributed by atoms with Gasteiger partial charge in [0, 0.05) is 24.5 Å². The summed E-state index contributed by atoms with van der Waals surface area (Å²) in [5.41, 5.74) is 4.02. The van der Waals surface area contributed by atoms with Gasteiger partial charge in [-0.15, -0.1) is 23.7 Å². The lowest BCUT2D eigenvalue weighted by Gasteiger charge is -2.26. The lowest BCUT2D eigenvalue weighted by molar-refractivity contribution is -0.115. The van der Waals surface area contributed by atoms with Crippen molar-refractivity contribution < 1.29 is 4.79 Å². The largest absolute Gasteiger partial charge is 0.316 e. The molecule has 0 radical (unpaired) electrons. The number of carbonyl (C=O) groups is 1. The Kier molecular flexibility index (Phi) is 7.10. The molecule has 0 bridgehead atoms. The molecule has 0 saturated carbocycles. The fourth-order valence-corrected chi connectivity index (χ4v) is 5.69. The van der Waals surface area contributed by atoms with Gasteiger partial charge in [0.2, 0.25) is 5.91 Å². The monoisotopic (exact) mass is 473 g/mol. The normalized spacial score (nSPS) is 13.1. The molecule has 0 unspecified atom stereocenters. The van der Waals surface area contributed by atoms with Crippen LogP contribution in [0.25, 0.3) is 10.8 Å². The maximum absolute atomic E-state index is 12.9. The van der Waals surface area contributed by atoms with Gasteiger partial charge in [-0.2, -0.15) is 5.26 Å². The first-order valence-corrected chi connectivity index (χ1v) is 11.6. The summed E-state index contributed by atoms with van der Waals surface area (Å²) in [6.07, 6.45) is 1.12. The predicted molar refractivity (Wildman–Crippen MR) is 137 cm³/mol. The summed E-state index contributed by atoms with van der Waals surface area (Å²) < 4.78 is 0. The number of nitrogens with zero attached hydrogens (tertiary/aromatic N) is 2. The first-order valence-electron chi connectivity index (χ1n) is 10.8. The Morgan fingerprint density at radius 3 is 2.61 bits per heavy atom. The highest BCUT2D eigenvalue weighted by atomic mass is 35.5. The Morgan fingerprint density at radius 1 is 1.03 bits per heavy atom. The smallest absolute Gasteiger partial charge is 0.229 e. The van der Waals surface area contributed by atoms with Gasteiger partial charge in [-0.25, -0.2) is 0 Å². The predicted octanol–water partition coefficient (Wildman–Crippen LogP) is 5.93. The van der Waals surface area contributed by atoms with Gasteiger partial charge in [-0.3, -0.25) is 9.69 Å². The molecule has 166 valence electrons.